The monoisotopic (exact) mass is 626 g/mol. The number of hydrogen-bond acceptors (Lipinski definition) is 7. The lowest BCUT2D eigenvalue weighted by Gasteiger charge is -2.20. The molecular formula is C30H35BrN4O6. The summed E-state index contributed by atoms with van der Waals surface area (Å²) in [6.45, 7) is 0.346. The second-order valence-corrected chi connectivity index (χ2v) is 9.87. The van der Waals surface area contributed by atoms with Gasteiger partial charge in [0.15, 0.2) is 29.0 Å². The maximum Gasteiger partial charge on any atom is 0.242 e. The van der Waals surface area contributed by atoms with E-state index in [1.54, 1.807) is 32.4 Å². The van der Waals surface area contributed by atoms with Crippen LogP contribution in [0.3, 0.4) is 0 Å². The van der Waals surface area contributed by atoms with Crippen LogP contribution in [0.4, 0.5) is 0 Å². The number of carbonyl (C=O) groups is 2. The minimum Gasteiger partial charge on any atom is -0.493 e. The molecule has 0 bridgehead atoms. The summed E-state index contributed by atoms with van der Waals surface area (Å²) in [5.41, 5.74) is 2.53. The Bertz CT molecular complexity index is 1350. The molecule has 3 aromatic rings. The molecular weight excluding hydrogens is 592 g/mol. The Kier molecular flexibility index (Phi) is 11.8. The van der Waals surface area contributed by atoms with Gasteiger partial charge in [0.05, 0.1) is 34.9 Å². The summed E-state index contributed by atoms with van der Waals surface area (Å²) >= 11 is 3.54. The molecule has 0 unspecified atom stereocenters. The van der Waals surface area contributed by atoms with Crippen molar-refractivity contribution < 1.29 is 28.5 Å². The Labute approximate surface area is 248 Å². The van der Waals surface area contributed by atoms with Crippen molar-refractivity contribution in [1.82, 2.24) is 16.0 Å². The quantitative estimate of drug-likeness (QED) is 0.168. The van der Waals surface area contributed by atoms with Gasteiger partial charge in [0.1, 0.15) is 6.04 Å². The highest BCUT2D eigenvalue weighted by Crippen LogP contribution is 2.33. The number of halogens is 1. The molecule has 0 aliphatic rings. The lowest BCUT2D eigenvalue weighted by atomic mass is 10.1. The van der Waals surface area contributed by atoms with E-state index in [0.717, 1.165) is 15.6 Å². The van der Waals surface area contributed by atoms with Gasteiger partial charge in [-0.2, -0.15) is 0 Å². The van der Waals surface area contributed by atoms with E-state index in [-0.39, 0.29) is 18.3 Å². The summed E-state index contributed by atoms with van der Waals surface area (Å²) in [5, 5.41) is 16.7. The fraction of sp³-hybridized carbons (Fsp3) is 0.300. The summed E-state index contributed by atoms with van der Waals surface area (Å²) in [5.74, 6) is 1.28. The third-order valence-corrected chi connectivity index (χ3v) is 6.98. The zero-order valence-corrected chi connectivity index (χ0v) is 25.1. The van der Waals surface area contributed by atoms with Gasteiger partial charge in [-0.1, -0.05) is 52.3 Å². The van der Waals surface area contributed by atoms with Crippen molar-refractivity contribution in [2.45, 2.75) is 25.3 Å². The van der Waals surface area contributed by atoms with E-state index in [1.165, 1.54) is 14.2 Å². The summed E-state index contributed by atoms with van der Waals surface area (Å²) < 4.78 is 22.1. The molecule has 0 saturated heterocycles. The Morgan fingerprint density at radius 2 is 1.46 bits per heavy atom. The predicted octanol–water partition coefficient (Wildman–Crippen LogP) is 3.64. The number of nitrogens with one attached hydrogen (secondary N) is 4. The maximum absolute atomic E-state index is 13.2. The van der Waals surface area contributed by atoms with Crippen LogP contribution in [0, 0.1) is 5.41 Å². The third-order valence-electron chi connectivity index (χ3n) is 6.24. The van der Waals surface area contributed by atoms with Crippen LogP contribution in [0.2, 0.25) is 0 Å². The molecule has 1 atom stereocenters. The number of benzene rings is 3. The molecule has 11 heteroatoms. The van der Waals surface area contributed by atoms with Gasteiger partial charge < -0.3 is 29.6 Å². The summed E-state index contributed by atoms with van der Waals surface area (Å²) in [6.07, 6.45) is 0.866. The van der Waals surface area contributed by atoms with E-state index in [1.807, 2.05) is 42.5 Å². The molecule has 0 fully saturated rings. The number of carbonyl (C=O) groups excluding carboxylic acids is 2. The lowest BCUT2D eigenvalue weighted by molar-refractivity contribution is -0.123. The summed E-state index contributed by atoms with van der Waals surface area (Å²) in [7, 11) is 6.19. The maximum atomic E-state index is 13.2. The Hall–Kier alpha value is -4.25. The molecule has 4 N–H and O–H groups in total. The highest BCUT2D eigenvalue weighted by molar-refractivity contribution is 9.10. The molecule has 218 valence electrons. The largest absolute Gasteiger partial charge is 0.493 e. The van der Waals surface area contributed by atoms with Gasteiger partial charge in [-0.05, 0) is 47.4 Å². The standard InChI is InChI=1S/C30H35BrN4O6/c1-38-24-11-10-20(15-25(24)39-2)16-28(36)35-30(32)34-23(14-19-8-6-5-7-9-19)29(37)33-13-12-21-17-26(40-3)27(41-4)18-22(21)31/h5-11,15,17-18,23H,12-14,16H2,1-4H3,(H,33,37)(H3,32,34,35,36)/t23-/m1/s1. The third kappa shape index (κ3) is 9.14. The summed E-state index contributed by atoms with van der Waals surface area (Å²) in [4.78, 5) is 25.9. The van der Waals surface area contributed by atoms with Crippen molar-refractivity contribution in [2.75, 3.05) is 35.0 Å². The zero-order valence-electron chi connectivity index (χ0n) is 23.5. The van der Waals surface area contributed by atoms with Gasteiger partial charge in [0, 0.05) is 17.4 Å². The second kappa shape index (κ2) is 15.5. The minimum atomic E-state index is -0.792. The highest BCUT2D eigenvalue weighted by atomic mass is 79.9. The fourth-order valence-electron chi connectivity index (χ4n) is 4.16. The first-order chi connectivity index (χ1) is 19.8. The number of guanidine groups is 1. The van der Waals surface area contributed by atoms with Crippen LogP contribution >= 0.6 is 15.9 Å². The highest BCUT2D eigenvalue weighted by Gasteiger charge is 2.21. The number of methoxy groups -OCH3 is 4. The molecule has 3 rings (SSSR count). The minimum absolute atomic E-state index is 0.0141. The van der Waals surface area contributed by atoms with Gasteiger partial charge in [0.2, 0.25) is 11.8 Å². The molecule has 0 aromatic heterocycles. The molecule has 41 heavy (non-hydrogen) atoms. The molecule has 0 spiro atoms. The lowest BCUT2D eigenvalue weighted by Crippen LogP contribution is -2.52. The van der Waals surface area contributed by atoms with E-state index in [4.69, 9.17) is 24.4 Å². The average molecular weight is 628 g/mol. The van der Waals surface area contributed by atoms with Crippen molar-refractivity contribution in [3.8, 4) is 23.0 Å². The van der Waals surface area contributed by atoms with Crippen LogP contribution < -0.4 is 34.9 Å². The first kappa shape index (κ1) is 31.3. The van der Waals surface area contributed by atoms with E-state index in [2.05, 4.69) is 31.9 Å². The molecule has 0 saturated carbocycles. The van der Waals surface area contributed by atoms with Crippen LogP contribution in [0.5, 0.6) is 23.0 Å². The predicted molar refractivity (Wildman–Crippen MR) is 160 cm³/mol. The number of amides is 2. The molecule has 0 heterocycles. The van der Waals surface area contributed by atoms with Crippen LogP contribution in [-0.2, 0) is 28.9 Å². The van der Waals surface area contributed by atoms with E-state index in [9.17, 15) is 9.59 Å². The van der Waals surface area contributed by atoms with E-state index < -0.39 is 11.9 Å². The van der Waals surface area contributed by atoms with Crippen molar-refractivity contribution >= 4 is 33.7 Å². The smallest absolute Gasteiger partial charge is 0.242 e. The molecule has 2 amide bonds. The Balaban J connectivity index is 1.63. The first-order valence-corrected chi connectivity index (χ1v) is 13.6. The summed E-state index contributed by atoms with van der Waals surface area (Å²) in [6, 6.07) is 17.5. The second-order valence-electron chi connectivity index (χ2n) is 9.02. The van der Waals surface area contributed by atoms with Gasteiger partial charge in [-0.15, -0.1) is 0 Å². The van der Waals surface area contributed by atoms with Crippen LogP contribution in [0.25, 0.3) is 0 Å². The zero-order chi connectivity index (χ0) is 29.8. The van der Waals surface area contributed by atoms with Crippen molar-refractivity contribution in [1.29, 1.82) is 5.41 Å². The normalized spacial score (nSPS) is 11.1. The topological polar surface area (TPSA) is 131 Å². The van der Waals surface area contributed by atoms with Crippen molar-refractivity contribution in [3.05, 3.63) is 81.8 Å². The van der Waals surface area contributed by atoms with Crippen molar-refractivity contribution in [3.63, 3.8) is 0 Å². The fourth-order valence-corrected chi connectivity index (χ4v) is 4.68. The van der Waals surface area contributed by atoms with Crippen LogP contribution in [0.15, 0.2) is 65.1 Å². The average Bonchev–Trinajstić information content (AvgIpc) is 2.97. The number of hydrogen-bond donors (Lipinski definition) is 4. The Morgan fingerprint density at radius 1 is 0.829 bits per heavy atom. The molecule has 0 aliphatic heterocycles. The molecule has 0 radical (unpaired) electrons. The van der Waals surface area contributed by atoms with Gasteiger partial charge >= 0.3 is 0 Å². The molecule has 3 aromatic carbocycles. The van der Waals surface area contributed by atoms with Crippen LogP contribution in [0.1, 0.15) is 16.7 Å². The van der Waals surface area contributed by atoms with Gasteiger partial charge in [-0.25, -0.2) is 0 Å². The van der Waals surface area contributed by atoms with Gasteiger partial charge in [0.25, 0.3) is 0 Å². The van der Waals surface area contributed by atoms with E-state index in [0.29, 0.717) is 47.9 Å². The van der Waals surface area contributed by atoms with Gasteiger partial charge in [-0.3, -0.25) is 20.3 Å². The Morgan fingerprint density at radius 3 is 2.12 bits per heavy atom. The first-order valence-electron chi connectivity index (χ1n) is 12.9. The SMILES string of the molecule is COc1ccc(CC(=O)NC(=N)N[C@H](Cc2ccccc2)C(=O)NCCc2cc(OC)c(OC)cc2Br)cc1OC. The van der Waals surface area contributed by atoms with E-state index >= 15 is 0 Å². The van der Waals surface area contributed by atoms with Crippen molar-refractivity contribution in [2.24, 2.45) is 0 Å². The molecule has 0 aliphatic carbocycles. The van der Waals surface area contributed by atoms with Crippen LogP contribution in [-0.4, -0.2) is 58.8 Å². The molecule has 10 nitrogen and oxygen atoms in total. The number of ether oxygens (including phenoxy) is 4. The number of rotatable bonds is 13.